The summed E-state index contributed by atoms with van der Waals surface area (Å²) in [6.45, 7) is 1.47. The van der Waals surface area contributed by atoms with E-state index in [9.17, 15) is 23.3 Å². The van der Waals surface area contributed by atoms with Crippen LogP contribution < -0.4 is 4.74 Å². The van der Waals surface area contributed by atoms with Crippen LogP contribution in [0.1, 0.15) is 21.6 Å². The van der Waals surface area contributed by atoms with Crippen LogP contribution in [0.15, 0.2) is 77.7 Å². The first-order valence-electron chi connectivity index (χ1n) is 9.54. The molecule has 32 heavy (non-hydrogen) atoms. The van der Waals surface area contributed by atoms with Gasteiger partial charge in [0, 0.05) is 22.6 Å². The molecule has 0 aliphatic carbocycles. The molecule has 0 aliphatic heterocycles. The van der Waals surface area contributed by atoms with Crippen LogP contribution in [0, 0.1) is 17.0 Å². The molecule has 0 saturated heterocycles. The third kappa shape index (κ3) is 3.42. The Morgan fingerprint density at radius 2 is 1.72 bits per heavy atom. The molecule has 0 amide bonds. The van der Waals surface area contributed by atoms with Gasteiger partial charge in [-0.05, 0) is 43.3 Å². The van der Waals surface area contributed by atoms with Crippen molar-refractivity contribution in [2.75, 3.05) is 7.11 Å². The molecule has 0 bridgehead atoms. The lowest BCUT2D eigenvalue weighted by molar-refractivity contribution is -0.385. The second-order valence-electron chi connectivity index (χ2n) is 7.07. The van der Waals surface area contributed by atoms with Crippen LogP contribution in [-0.2, 0) is 10.0 Å². The van der Waals surface area contributed by atoms with Gasteiger partial charge in [-0.3, -0.25) is 14.9 Å². The molecule has 0 radical (unpaired) electrons. The van der Waals surface area contributed by atoms with Gasteiger partial charge in [0.05, 0.1) is 22.4 Å². The zero-order chi connectivity index (χ0) is 23.0. The van der Waals surface area contributed by atoms with E-state index in [1.54, 1.807) is 36.4 Å². The molecule has 0 aliphatic rings. The summed E-state index contributed by atoms with van der Waals surface area (Å²) in [6, 6.07) is 18.2. The highest BCUT2D eigenvalue weighted by Gasteiger charge is 2.29. The molecular weight excluding hydrogens is 432 g/mol. The molecule has 0 spiro atoms. The predicted molar refractivity (Wildman–Crippen MR) is 119 cm³/mol. The first kappa shape index (κ1) is 21.3. The molecule has 0 saturated carbocycles. The number of nitro benzene ring substituents is 1. The van der Waals surface area contributed by atoms with Crippen LogP contribution in [0.4, 0.5) is 5.69 Å². The van der Waals surface area contributed by atoms with Crippen molar-refractivity contribution in [2.24, 2.45) is 0 Å². The Labute approximate surface area is 183 Å². The lowest BCUT2D eigenvalue weighted by Gasteiger charge is -2.12. The van der Waals surface area contributed by atoms with Crippen molar-refractivity contribution in [1.82, 2.24) is 3.97 Å². The monoisotopic (exact) mass is 450 g/mol. The number of carbonyl (C=O) groups is 1. The number of rotatable bonds is 6. The highest BCUT2D eigenvalue weighted by molar-refractivity contribution is 7.90. The number of nitrogens with zero attached hydrogens (tertiary/aromatic N) is 2. The van der Waals surface area contributed by atoms with Gasteiger partial charge in [-0.1, -0.05) is 30.3 Å². The van der Waals surface area contributed by atoms with Crippen molar-refractivity contribution >= 4 is 32.4 Å². The molecule has 0 atom stereocenters. The van der Waals surface area contributed by atoms with Crippen LogP contribution in [0.5, 0.6) is 5.75 Å². The fraction of sp³-hybridized carbons (Fsp3) is 0.0870. The van der Waals surface area contributed by atoms with E-state index in [1.807, 2.05) is 0 Å². The van der Waals surface area contributed by atoms with Gasteiger partial charge >= 0.3 is 0 Å². The van der Waals surface area contributed by atoms with Gasteiger partial charge in [0.1, 0.15) is 11.4 Å². The second kappa shape index (κ2) is 7.93. The third-order valence-corrected chi connectivity index (χ3v) is 6.97. The number of fused-ring (bicyclic) bond motifs is 1. The van der Waals surface area contributed by atoms with Crippen molar-refractivity contribution in [2.45, 2.75) is 11.8 Å². The summed E-state index contributed by atoms with van der Waals surface area (Å²) in [7, 11) is -2.66. The minimum absolute atomic E-state index is 0.0122. The Balaban J connectivity index is 2.02. The molecule has 3 aromatic carbocycles. The minimum Gasteiger partial charge on any atom is -0.497 e. The maximum absolute atomic E-state index is 13.6. The fourth-order valence-corrected chi connectivity index (χ4v) is 5.15. The number of methoxy groups -OCH3 is 1. The summed E-state index contributed by atoms with van der Waals surface area (Å²) >= 11 is 0. The Bertz CT molecular complexity index is 1470. The van der Waals surface area contributed by atoms with Crippen LogP contribution >= 0.6 is 0 Å². The third-order valence-electron chi connectivity index (χ3n) is 5.23. The summed E-state index contributed by atoms with van der Waals surface area (Å²) in [5, 5.41) is 11.8. The average molecular weight is 450 g/mol. The van der Waals surface area contributed by atoms with Gasteiger partial charge in [0.25, 0.3) is 15.7 Å². The highest BCUT2D eigenvalue weighted by atomic mass is 32.2. The Hall–Kier alpha value is -3.98. The summed E-state index contributed by atoms with van der Waals surface area (Å²) in [4.78, 5) is 24.3. The molecule has 1 heterocycles. The zero-order valence-corrected chi connectivity index (χ0v) is 18.0. The largest absolute Gasteiger partial charge is 0.497 e. The number of ether oxygens (including phenoxy) is 1. The minimum atomic E-state index is -4.14. The van der Waals surface area contributed by atoms with E-state index in [2.05, 4.69) is 0 Å². The highest BCUT2D eigenvalue weighted by Crippen LogP contribution is 2.31. The molecule has 9 heteroatoms. The Kier molecular flexibility index (Phi) is 5.27. The summed E-state index contributed by atoms with van der Waals surface area (Å²) < 4.78 is 33.3. The molecule has 162 valence electrons. The lowest BCUT2D eigenvalue weighted by Crippen LogP contribution is -2.19. The first-order chi connectivity index (χ1) is 15.3. The number of benzene rings is 3. The lowest BCUT2D eigenvalue weighted by atomic mass is 10.0. The predicted octanol–water partition coefficient (Wildman–Crippen LogP) is 4.33. The molecule has 0 N–H and O–H groups in total. The number of aromatic nitrogens is 1. The van der Waals surface area contributed by atoms with E-state index in [1.165, 1.54) is 50.4 Å². The number of hydrogen-bond donors (Lipinski definition) is 0. The molecule has 4 rings (SSSR count). The van der Waals surface area contributed by atoms with E-state index >= 15 is 0 Å². The quantitative estimate of drug-likeness (QED) is 0.246. The van der Waals surface area contributed by atoms with E-state index in [-0.39, 0.29) is 27.4 Å². The normalized spacial score (nSPS) is 11.4. The maximum atomic E-state index is 13.6. The number of carbonyl (C=O) groups excluding carboxylic acids is 1. The van der Waals surface area contributed by atoms with Gasteiger partial charge in [-0.15, -0.1) is 0 Å². The van der Waals surface area contributed by atoms with E-state index in [0.29, 0.717) is 16.7 Å². The molecule has 4 aromatic rings. The van der Waals surface area contributed by atoms with Crippen molar-refractivity contribution in [1.29, 1.82) is 0 Å². The van der Waals surface area contributed by atoms with Gasteiger partial charge in [0.15, 0.2) is 0 Å². The summed E-state index contributed by atoms with van der Waals surface area (Å²) in [6.07, 6.45) is 0. The van der Waals surface area contributed by atoms with Gasteiger partial charge in [-0.2, -0.15) is 0 Å². The molecule has 1 aromatic heterocycles. The van der Waals surface area contributed by atoms with Gasteiger partial charge in [-0.25, -0.2) is 12.4 Å². The zero-order valence-electron chi connectivity index (χ0n) is 17.2. The van der Waals surface area contributed by atoms with E-state index in [4.69, 9.17) is 4.74 Å². The Morgan fingerprint density at radius 1 is 1.00 bits per heavy atom. The van der Waals surface area contributed by atoms with E-state index < -0.39 is 20.7 Å². The van der Waals surface area contributed by atoms with Crippen LogP contribution in [-0.4, -0.2) is 30.2 Å². The topological polar surface area (TPSA) is 109 Å². The van der Waals surface area contributed by atoms with Crippen molar-refractivity contribution in [3.05, 3.63) is 99.7 Å². The fourth-order valence-electron chi connectivity index (χ4n) is 3.62. The van der Waals surface area contributed by atoms with Gasteiger partial charge in [0.2, 0.25) is 5.78 Å². The second-order valence-corrected chi connectivity index (χ2v) is 8.86. The number of ketones is 1. The first-order valence-corrected chi connectivity index (χ1v) is 11.0. The van der Waals surface area contributed by atoms with Crippen LogP contribution in [0.2, 0.25) is 0 Å². The van der Waals surface area contributed by atoms with E-state index in [0.717, 1.165) is 3.97 Å². The maximum Gasteiger partial charge on any atom is 0.273 e. The Morgan fingerprint density at radius 3 is 2.38 bits per heavy atom. The van der Waals surface area contributed by atoms with Crippen LogP contribution in [0.3, 0.4) is 0 Å². The average Bonchev–Trinajstić information content (AvgIpc) is 3.18. The molecule has 8 nitrogen and oxygen atoms in total. The smallest absolute Gasteiger partial charge is 0.273 e. The summed E-state index contributed by atoms with van der Waals surface area (Å²) in [5.74, 6) is -0.141. The SMILES string of the molecule is COc1ccc2c(c1)cc(C(=O)c1cccc([N+](=O)[O-])c1C)n2S(=O)(=O)c1ccccc1. The van der Waals surface area contributed by atoms with Crippen molar-refractivity contribution in [3.8, 4) is 5.75 Å². The van der Waals surface area contributed by atoms with Crippen molar-refractivity contribution in [3.63, 3.8) is 0 Å². The van der Waals surface area contributed by atoms with Crippen LogP contribution in [0.25, 0.3) is 10.9 Å². The molecule has 0 unspecified atom stereocenters. The van der Waals surface area contributed by atoms with Crippen molar-refractivity contribution < 1.29 is 22.9 Å². The number of nitro groups is 1. The molecular formula is C23H18N2O6S. The number of hydrogen-bond acceptors (Lipinski definition) is 6. The standard InChI is InChI=1S/C23H18N2O6S/c1-15-19(9-6-10-20(15)25(27)28)23(26)22-14-16-13-17(31-2)11-12-21(16)24(22)32(29,30)18-7-4-3-5-8-18/h3-14H,1-2H3. The molecule has 0 fully saturated rings. The van der Waals surface area contributed by atoms with Gasteiger partial charge < -0.3 is 4.74 Å². The summed E-state index contributed by atoms with van der Waals surface area (Å²) in [5.41, 5.74) is 0.167.